The fourth-order valence-electron chi connectivity index (χ4n) is 4.94. The van der Waals surface area contributed by atoms with Crippen LogP contribution in [-0.4, -0.2) is 12.6 Å². The summed E-state index contributed by atoms with van der Waals surface area (Å²) in [6, 6.07) is 0. The highest BCUT2D eigenvalue weighted by molar-refractivity contribution is 5.69. The van der Waals surface area contributed by atoms with Gasteiger partial charge in [-0.3, -0.25) is 4.79 Å². The van der Waals surface area contributed by atoms with E-state index in [1.54, 1.807) is 0 Å². The molecule has 0 aromatic rings. The molecule has 0 bridgehead atoms. The Morgan fingerprint density at radius 1 is 0.553 bits per heavy atom. The Morgan fingerprint density at radius 2 is 1.00 bits per heavy atom. The van der Waals surface area contributed by atoms with E-state index in [4.69, 9.17) is 4.74 Å². The Labute approximate surface area is 239 Å². The van der Waals surface area contributed by atoms with Gasteiger partial charge in [0, 0.05) is 6.42 Å². The Bertz CT molecular complexity index is 519. The second kappa shape index (κ2) is 32.2. The maximum Gasteiger partial charge on any atom is 0.305 e. The highest BCUT2D eigenvalue weighted by Crippen LogP contribution is 2.14. The summed E-state index contributed by atoms with van der Waals surface area (Å²) < 4.78 is 5.43. The molecule has 0 N–H and O–H groups in total. The van der Waals surface area contributed by atoms with Crippen molar-refractivity contribution in [2.24, 2.45) is 5.92 Å². The summed E-state index contributed by atoms with van der Waals surface area (Å²) in [4.78, 5) is 11.9. The number of ether oxygens (including phenoxy) is 1. The van der Waals surface area contributed by atoms with Gasteiger partial charge in [0.2, 0.25) is 0 Å². The largest absolute Gasteiger partial charge is 0.466 e. The molecule has 0 heterocycles. The number of rotatable bonds is 30. The lowest BCUT2D eigenvalue weighted by atomic mass is 10.0. The predicted octanol–water partition coefficient (Wildman–Crippen LogP) is 12.5. The third-order valence-corrected chi connectivity index (χ3v) is 7.52. The molecule has 0 fully saturated rings. The zero-order valence-electron chi connectivity index (χ0n) is 26.3. The number of esters is 1. The number of unbranched alkanes of at least 4 members (excludes halogenated alkanes) is 20. The first-order valence-corrected chi connectivity index (χ1v) is 17.1. The van der Waals surface area contributed by atoms with Crippen LogP contribution in [0.1, 0.15) is 188 Å². The maximum absolute atomic E-state index is 11.9. The molecular weight excluding hydrogens is 464 g/mol. The van der Waals surface area contributed by atoms with Gasteiger partial charge >= 0.3 is 5.97 Å². The predicted molar refractivity (Wildman–Crippen MR) is 170 cm³/mol. The lowest BCUT2D eigenvalue weighted by molar-refractivity contribution is -0.143. The molecule has 0 atom stereocenters. The second-order valence-corrected chi connectivity index (χ2v) is 12.0. The molecule has 0 unspecified atom stereocenters. The second-order valence-electron chi connectivity index (χ2n) is 12.0. The van der Waals surface area contributed by atoms with E-state index in [0.717, 1.165) is 31.6 Å². The molecule has 2 heteroatoms. The molecule has 224 valence electrons. The van der Waals surface area contributed by atoms with Gasteiger partial charge < -0.3 is 4.74 Å². The lowest BCUT2D eigenvalue weighted by Crippen LogP contribution is -2.05. The van der Waals surface area contributed by atoms with Crippen molar-refractivity contribution >= 4 is 5.97 Å². The van der Waals surface area contributed by atoms with Gasteiger partial charge in [-0.05, 0) is 50.9 Å². The normalized spacial score (nSPS) is 11.9. The van der Waals surface area contributed by atoms with Crippen LogP contribution in [-0.2, 0) is 9.53 Å². The first kappa shape index (κ1) is 37.0. The quantitative estimate of drug-likeness (QED) is 0.0522. The van der Waals surface area contributed by atoms with Crippen LogP contribution in [0, 0.1) is 5.92 Å². The van der Waals surface area contributed by atoms with Gasteiger partial charge in [-0.25, -0.2) is 0 Å². The minimum absolute atomic E-state index is 0.00982. The molecule has 0 aliphatic rings. The number of carbonyl (C=O) groups is 1. The molecule has 0 saturated carbocycles. The smallest absolute Gasteiger partial charge is 0.305 e. The van der Waals surface area contributed by atoms with E-state index in [1.165, 1.54) is 135 Å². The molecule has 0 saturated heterocycles. The zero-order chi connectivity index (χ0) is 27.8. The van der Waals surface area contributed by atoms with Crippen molar-refractivity contribution in [1.82, 2.24) is 0 Å². The summed E-state index contributed by atoms with van der Waals surface area (Å²) in [6.45, 7) is 7.53. The SMILES string of the molecule is CCCCC/C=C\C/C=C\CCCCCCCC(=O)OCCCCCCCCCCCCCCCC(C)C. The van der Waals surface area contributed by atoms with Crippen molar-refractivity contribution in [3.63, 3.8) is 0 Å². The van der Waals surface area contributed by atoms with Gasteiger partial charge in [0.1, 0.15) is 0 Å². The monoisotopic (exact) mass is 533 g/mol. The molecule has 0 aromatic carbocycles. The highest BCUT2D eigenvalue weighted by atomic mass is 16.5. The van der Waals surface area contributed by atoms with Crippen molar-refractivity contribution in [2.45, 2.75) is 188 Å². The summed E-state index contributed by atoms with van der Waals surface area (Å²) in [5, 5.41) is 0. The van der Waals surface area contributed by atoms with E-state index in [1.807, 2.05) is 0 Å². The number of hydrogen-bond acceptors (Lipinski definition) is 2. The van der Waals surface area contributed by atoms with Gasteiger partial charge in [-0.1, -0.05) is 161 Å². The van der Waals surface area contributed by atoms with Crippen molar-refractivity contribution in [3.05, 3.63) is 24.3 Å². The Hall–Kier alpha value is -1.05. The van der Waals surface area contributed by atoms with Crippen LogP contribution in [0.3, 0.4) is 0 Å². The van der Waals surface area contributed by atoms with Crippen LogP contribution in [0.5, 0.6) is 0 Å². The Kier molecular flexibility index (Phi) is 31.3. The number of hydrogen-bond donors (Lipinski definition) is 0. The molecule has 2 nitrogen and oxygen atoms in total. The Morgan fingerprint density at radius 3 is 1.53 bits per heavy atom. The topological polar surface area (TPSA) is 26.3 Å². The molecule has 0 spiro atoms. The lowest BCUT2D eigenvalue weighted by Gasteiger charge is -2.06. The van der Waals surface area contributed by atoms with Crippen LogP contribution in [0.4, 0.5) is 0 Å². The molecule has 0 radical (unpaired) electrons. The summed E-state index contributed by atoms with van der Waals surface area (Å²) >= 11 is 0. The zero-order valence-corrected chi connectivity index (χ0v) is 26.3. The van der Waals surface area contributed by atoms with Crippen molar-refractivity contribution in [3.8, 4) is 0 Å². The summed E-state index contributed by atoms with van der Waals surface area (Å²) in [7, 11) is 0. The van der Waals surface area contributed by atoms with Crippen molar-refractivity contribution in [2.75, 3.05) is 6.61 Å². The molecule has 0 aliphatic heterocycles. The molecule has 0 rings (SSSR count). The first-order valence-electron chi connectivity index (χ1n) is 17.1. The third-order valence-electron chi connectivity index (χ3n) is 7.52. The summed E-state index contributed by atoms with van der Waals surface area (Å²) in [5.74, 6) is 0.881. The first-order chi connectivity index (χ1) is 18.7. The van der Waals surface area contributed by atoms with Crippen molar-refractivity contribution < 1.29 is 9.53 Å². The average molecular weight is 533 g/mol. The van der Waals surface area contributed by atoms with Crippen LogP contribution < -0.4 is 0 Å². The molecule has 0 amide bonds. The van der Waals surface area contributed by atoms with E-state index >= 15 is 0 Å². The fraction of sp³-hybridized carbons (Fsp3) is 0.861. The van der Waals surface area contributed by atoms with Crippen molar-refractivity contribution in [1.29, 1.82) is 0 Å². The molecule has 0 aromatic heterocycles. The van der Waals surface area contributed by atoms with Crippen LogP contribution in [0.25, 0.3) is 0 Å². The van der Waals surface area contributed by atoms with Crippen LogP contribution >= 0.6 is 0 Å². The maximum atomic E-state index is 11.9. The van der Waals surface area contributed by atoms with E-state index in [9.17, 15) is 4.79 Å². The number of allylic oxidation sites excluding steroid dienone is 4. The highest BCUT2D eigenvalue weighted by Gasteiger charge is 2.02. The molecular formula is C36H68O2. The van der Waals surface area contributed by atoms with E-state index < -0.39 is 0 Å². The standard InChI is InChI=1S/C36H68O2/c1-4-5-6-7-8-9-10-11-12-15-18-21-24-27-30-33-36(37)38-34-31-28-25-22-19-16-13-14-17-20-23-26-29-32-35(2)3/h8-9,11-12,35H,4-7,10,13-34H2,1-3H3/b9-8-,12-11-. The van der Waals surface area contributed by atoms with Gasteiger partial charge in [0.05, 0.1) is 6.61 Å². The summed E-state index contributed by atoms with van der Waals surface area (Å²) in [6.07, 6.45) is 42.3. The Balaban J connectivity index is 3.23. The average Bonchev–Trinajstić information content (AvgIpc) is 2.90. The molecule has 0 aliphatic carbocycles. The van der Waals surface area contributed by atoms with E-state index in [0.29, 0.717) is 13.0 Å². The van der Waals surface area contributed by atoms with Gasteiger partial charge in [0.15, 0.2) is 0 Å². The third kappa shape index (κ3) is 33.0. The van der Waals surface area contributed by atoms with Gasteiger partial charge in [0.25, 0.3) is 0 Å². The number of carbonyl (C=O) groups excluding carboxylic acids is 1. The minimum atomic E-state index is 0.00982. The van der Waals surface area contributed by atoms with Crippen LogP contribution in [0.15, 0.2) is 24.3 Å². The molecule has 38 heavy (non-hydrogen) atoms. The summed E-state index contributed by atoms with van der Waals surface area (Å²) in [5.41, 5.74) is 0. The van der Waals surface area contributed by atoms with Crippen LogP contribution in [0.2, 0.25) is 0 Å². The fourth-order valence-corrected chi connectivity index (χ4v) is 4.94. The van der Waals surface area contributed by atoms with Gasteiger partial charge in [-0.2, -0.15) is 0 Å². The van der Waals surface area contributed by atoms with Gasteiger partial charge in [-0.15, -0.1) is 0 Å². The van der Waals surface area contributed by atoms with E-state index in [-0.39, 0.29) is 5.97 Å². The van der Waals surface area contributed by atoms with E-state index in [2.05, 4.69) is 45.1 Å². The minimum Gasteiger partial charge on any atom is -0.466 e.